The molecule has 0 radical (unpaired) electrons. The molecule has 1 aliphatic rings. The van der Waals surface area contributed by atoms with Crippen LogP contribution in [0.25, 0.3) is 0 Å². The third-order valence-electron chi connectivity index (χ3n) is 3.84. The van der Waals surface area contributed by atoms with Crippen LogP contribution in [0.15, 0.2) is 22.7 Å². The Morgan fingerprint density at radius 2 is 2.19 bits per heavy atom. The molecule has 1 fully saturated rings. The molecular formula is C14H22BrN3O2S. The number of nitrogens with two attached hydrogens (primary N) is 1. The van der Waals surface area contributed by atoms with Crippen LogP contribution in [0.3, 0.4) is 0 Å². The first-order valence-electron chi connectivity index (χ1n) is 7.26. The number of benzene rings is 1. The first-order chi connectivity index (χ1) is 9.97. The summed E-state index contributed by atoms with van der Waals surface area (Å²) in [6, 6.07) is 5.47. The quantitative estimate of drug-likeness (QED) is 0.829. The Morgan fingerprint density at radius 3 is 2.86 bits per heavy atom. The maximum Gasteiger partial charge on any atom is 0.301 e. The molecule has 0 saturated carbocycles. The second-order valence-corrected chi connectivity index (χ2v) is 7.80. The molecule has 118 valence electrons. The number of nitrogens with one attached hydrogen (secondary N) is 1. The Morgan fingerprint density at radius 1 is 1.43 bits per heavy atom. The van der Waals surface area contributed by atoms with Crippen molar-refractivity contribution in [3.05, 3.63) is 28.2 Å². The highest BCUT2D eigenvalue weighted by Gasteiger charge is 2.31. The van der Waals surface area contributed by atoms with Crippen molar-refractivity contribution in [3.8, 4) is 0 Å². The predicted octanol–water partition coefficient (Wildman–Crippen LogP) is 2.48. The summed E-state index contributed by atoms with van der Waals surface area (Å²) in [4.78, 5) is 0. The zero-order valence-electron chi connectivity index (χ0n) is 12.2. The van der Waals surface area contributed by atoms with Gasteiger partial charge in [-0.2, -0.15) is 12.7 Å². The predicted molar refractivity (Wildman–Crippen MR) is 89.5 cm³/mol. The third-order valence-corrected chi connectivity index (χ3v) is 5.91. The van der Waals surface area contributed by atoms with Crippen LogP contribution in [0.1, 0.15) is 31.7 Å². The molecule has 1 saturated heterocycles. The van der Waals surface area contributed by atoms with Crippen molar-refractivity contribution >= 4 is 31.8 Å². The largest absolute Gasteiger partial charge is 0.329 e. The lowest BCUT2D eigenvalue weighted by Crippen LogP contribution is -2.49. The van der Waals surface area contributed by atoms with Crippen molar-refractivity contribution in [3.63, 3.8) is 0 Å². The van der Waals surface area contributed by atoms with Gasteiger partial charge in [0.05, 0.1) is 5.69 Å². The van der Waals surface area contributed by atoms with Gasteiger partial charge in [-0.3, -0.25) is 4.72 Å². The number of rotatable bonds is 5. The van der Waals surface area contributed by atoms with E-state index in [1.807, 2.05) is 19.1 Å². The molecule has 21 heavy (non-hydrogen) atoms. The van der Waals surface area contributed by atoms with Gasteiger partial charge in [0.1, 0.15) is 0 Å². The Kier molecular flexibility index (Phi) is 5.65. The average Bonchev–Trinajstić information content (AvgIpc) is 2.48. The maximum atomic E-state index is 12.6. The average molecular weight is 376 g/mol. The number of anilines is 1. The Hall–Kier alpha value is -0.630. The first kappa shape index (κ1) is 16.7. The number of hydrogen-bond acceptors (Lipinski definition) is 3. The maximum absolute atomic E-state index is 12.6. The van der Waals surface area contributed by atoms with Crippen LogP contribution < -0.4 is 10.5 Å². The third kappa shape index (κ3) is 3.97. The molecule has 3 N–H and O–H groups in total. The normalized spacial score (nSPS) is 20.4. The number of piperidine rings is 1. The van der Waals surface area contributed by atoms with Crippen molar-refractivity contribution in [2.24, 2.45) is 5.73 Å². The van der Waals surface area contributed by atoms with Gasteiger partial charge in [-0.15, -0.1) is 0 Å². The molecule has 2 rings (SSSR count). The van der Waals surface area contributed by atoms with Gasteiger partial charge in [-0.05, 0) is 43.0 Å². The minimum absolute atomic E-state index is 0.100. The second-order valence-electron chi connectivity index (χ2n) is 5.26. The second kappa shape index (κ2) is 7.09. The van der Waals surface area contributed by atoms with E-state index in [4.69, 9.17) is 5.73 Å². The molecule has 1 heterocycles. The Bertz CT molecular complexity index is 592. The van der Waals surface area contributed by atoms with Gasteiger partial charge in [0.25, 0.3) is 0 Å². The zero-order valence-corrected chi connectivity index (χ0v) is 14.6. The fourth-order valence-corrected chi connectivity index (χ4v) is 4.63. The lowest BCUT2D eigenvalue weighted by molar-refractivity contribution is 0.259. The molecule has 0 amide bonds. The van der Waals surface area contributed by atoms with E-state index >= 15 is 0 Å². The number of hydrogen-bond donors (Lipinski definition) is 2. The zero-order chi connectivity index (χ0) is 15.5. The summed E-state index contributed by atoms with van der Waals surface area (Å²) >= 11 is 3.41. The van der Waals surface area contributed by atoms with Crippen LogP contribution in [-0.4, -0.2) is 31.9 Å². The highest BCUT2D eigenvalue weighted by Crippen LogP contribution is 2.25. The molecule has 5 nitrogen and oxygen atoms in total. The summed E-state index contributed by atoms with van der Waals surface area (Å²) in [5, 5.41) is 0. The van der Waals surface area contributed by atoms with E-state index in [1.165, 1.54) is 4.31 Å². The summed E-state index contributed by atoms with van der Waals surface area (Å²) in [6.45, 7) is 2.90. The van der Waals surface area contributed by atoms with E-state index in [2.05, 4.69) is 20.7 Å². The molecule has 1 aromatic rings. The number of aryl methyl sites for hydroxylation is 1. The van der Waals surface area contributed by atoms with Crippen molar-refractivity contribution in [1.82, 2.24) is 4.31 Å². The molecule has 0 aliphatic carbocycles. The summed E-state index contributed by atoms with van der Waals surface area (Å²) in [7, 11) is -3.56. The molecule has 1 unspecified atom stereocenters. The molecule has 1 aliphatic heterocycles. The standard InChI is InChI=1S/C14H22BrN3O2S/c1-2-11-9-12(15)6-7-14(11)17-21(19,20)18-8-4-3-5-13(18)10-16/h6-7,9,13,17H,2-5,8,10,16H2,1H3. The van der Waals surface area contributed by atoms with Gasteiger partial charge in [-0.25, -0.2) is 0 Å². The first-order valence-corrected chi connectivity index (χ1v) is 9.49. The molecule has 1 atom stereocenters. The minimum atomic E-state index is -3.56. The summed E-state index contributed by atoms with van der Waals surface area (Å²) in [6.07, 6.45) is 3.51. The van der Waals surface area contributed by atoms with Gasteiger partial charge in [0.15, 0.2) is 0 Å². The van der Waals surface area contributed by atoms with Crippen LogP contribution in [0.5, 0.6) is 0 Å². The van der Waals surface area contributed by atoms with E-state index in [-0.39, 0.29) is 6.04 Å². The van der Waals surface area contributed by atoms with Crippen molar-refractivity contribution in [2.45, 2.75) is 38.6 Å². The lowest BCUT2D eigenvalue weighted by atomic mass is 10.1. The van der Waals surface area contributed by atoms with E-state index in [9.17, 15) is 8.42 Å². The van der Waals surface area contributed by atoms with E-state index in [1.54, 1.807) is 6.07 Å². The monoisotopic (exact) mass is 375 g/mol. The van der Waals surface area contributed by atoms with Gasteiger partial charge in [0.2, 0.25) is 0 Å². The molecule has 0 aromatic heterocycles. The SMILES string of the molecule is CCc1cc(Br)ccc1NS(=O)(=O)N1CCCCC1CN. The van der Waals surface area contributed by atoms with Crippen LogP contribution in [0.2, 0.25) is 0 Å². The van der Waals surface area contributed by atoms with Gasteiger partial charge < -0.3 is 5.73 Å². The highest BCUT2D eigenvalue weighted by atomic mass is 79.9. The van der Waals surface area contributed by atoms with E-state index < -0.39 is 10.2 Å². The van der Waals surface area contributed by atoms with E-state index in [0.29, 0.717) is 18.8 Å². The topological polar surface area (TPSA) is 75.4 Å². The molecular weight excluding hydrogens is 354 g/mol. The van der Waals surface area contributed by atoms with Crippen LogP contribution in [-0.2, 0) is 16.6 Å². The lowest BCUT2D eigenvalue weighted by Gasteiger charge is -2.34. The van der Waals surface area contributed by atoms with Crippen molar-refractivity contribution in [1.29, 1.82) is 0 Å². The van der Waals surface area contributed by atoms with Crippen LogP contribution >= 0.6 is 15.9 Å². The number of halogens is 1. The fraction of sp³-hybridized carbons (Fsp3) is 0.571. The van der Waals surface area contributed by atoms with Gasteiger partial charge in [-0.1, -0.05) is 29.3 Å². The van der Waals surface area contributed by atoms with Crippen LogP contribution in [0, 0.1) is 0 Å². The number of nitrogens with zero attached hydrogens (tertiary/aromatic N) is 1. The fourth-order valence-electron chi connectivity index (χ4n) is 2.68. The minimum Gasteiger partial charge on any atom is -0.329 e. The Balaban J connectivity index is 2.24. The molecule has 0 bridgehead atoms. The Labute approximate surface area is 135 Å². The van der Waals surface area contributed by atoms with Gasteiger partial charge in [0, 0.05) is 23.6 Å². The van der Waals surface area contributed by atoms with Crippen LogP contribution in [0.4, 0.5) is 5.69 Å². The summed E-state index contributed by atoms with van der Waals surface area (Å²) < 4.78 is 30.4. The molecule has 1 aromatic carbocycles. The smallest absolute Gasteiger partial charge is 0.301 e. The summed E-state index contributed by atoms with van der Waals surface area (Å²) in [5.41, 5.74) is 7.33. The van der Waals surface area contributed by atoms with Crippen molar-refractivity contribution in [2.75, 3.05) is 17.8 Å². The van der Waals surface area contributed by atoms with Gasteiger partial charge >= 0.3 is 10.2 Å². The van der Waals surface area contributed by atoms with Crippen molar-refractivity contribution < 1.29 is 8.42 Å². The molecule has 0 spiro atoms. The molecule has 7 heteroatoms. The highest BCUT2D eigenvalue weighted by molar-refractivity contribution is 9.10. The van der Waals surface area contributed by atoms with E-state index in [0.717, 1.165) is 35.7 Å². The summed E-state index contributed by atoms with van der Waals surface area (Å²) in [5.74, 6) is 0.